The number of primary amides is 1. The Balaban J connectivity index is 0.00000144. The van der Waals surface area contributed by atoms with E-state index in [0.717, 1.165) is 5.56 Å². The van der Waals surface area contributed by atoms with Crippen LogP contribution in [0.1, 0.15) is 5.56 Å². The van der Waals surface area contributed by atoms with Crippen LogP contribution in [0.3, 0.4) is 0 Å². The highest BCUT2D eigenvalue weighted by Crippen LogP contribution is 2.19. The van der Waals surface area contributed by atoms with Gasteiger partial charge in [-0.2, -0.15) is 0 Å². The number of rotatable bonds is 2. The molecule has 0 saturated carbocycles. The Morgan fingerprint density at radius 3 is 2.08 bits per heavy atom. The van der Waals surface area contributed by atoms with E-state index in [0.29, 0.717) is 10.0 Å². The highest BCUT2D eigenvalue weighted by molar-refractivity contribution is 6.34. The lowest BCUT2D eigenvalue weighted by Gasteiger charge is -1.99. The Morgan fingerprint density at radius 1 is 1.23 bits per heavy atom. The van der Waals surface area contributed by atoms with E-state index in [2.05, 4.69) is 0 Å². The highest BCUT2D eigenvalue weighted by Gasteiger charge is 2.00. The maximum atomic E-state index is 10.5. The minimum atomic E-state index is -0.395. The summed E-state index contributed by atoms with van der Waals surface area (Å²) < 4.78 is 0. The minimum absolute atomic E-state index is 0. The largest absolute Gasteiger partial charge is 0.369 e. The molecule has 0 heterocycles. The van der Waals surface area contributed by atoms with Gasteiger partial charge in [-0.1, -0.05) is 23.2 Å². The first-order chi connectivity index (χ1) is 5.58. The number of benzene rings is 1. The van der Waals surface area contributed by atoms with Crippen LogP contribution in [0.2, 0.25) is 10.0 Å². The molecule has 0 atom stereocenters. The topological polar surface area (TPSA) is 43.1 Å². The van der Waals surface area contributed by atoms with Gasteiger partial charge in [-0.05, 0) is 23.8 Å². The van der Waals surface area contributed by atoms with Crippen LogP contribution < -0.4 is 5.73 Å². The van der Waals surface area contributed by atoms with Gasteiger partial charge in [0, 0.05) is 10.0 Å². The molecular formula is C8H8Cl3NO. The van der Waals surface area contributed by atoms with Crippen LogP contribution in [-0.2, 0) is 11.2 Å². The number of hydrogen-bond acceptors (Lipinski definition) is 1. The summed E-state index contributed by atoms with van der Waals surface area (Å²) in [4.78, 5) is 10.5. The summed E-state index contributed by atoms with van der Waals surface area (Å²) in [5.74, 6) is -0.395. The zero-order valence-electron chi connectivity index (χ0n) is 6.59. The molecule has 1 aromatic rings. The lowest BCUT2D eigenvalue weighted by Crippen LogP contribution is -2.13. The van der Waals surface area contributed by atoms with Crippen LogP contribution in [-0.4, -0.2) is 5.91 Å². The van der Waals surface area contributed by atoms with E-state index < -0.39 is 5.91 Å². The van der Waals surface area contributed by atoms with E-state index >= 15 is 0 Å². The van der Waals surface area contributed by atoms with E-state index in [9.17, 15) is 4.79 Å². The zero-order valence-corrected chi connectivity index (χ0v) is 8.92. The molecule has 0 aromatic heterocycles. The van der Waals surface area contributed by atoms with Crippen LogP contribution in [0, 0.1) is 0 Å². The van der Waals surface area contributed by atoms with Crippen LogP contribution in [0.5, 0.6) is 0 Å². The van der Waals surface area contributed by atoms with Gasteiger partial charge in [0.15, 0.2) is 0 Å². The van der Waals surface area contributed by atoms with Crippen LogP contribution in [0.15, 0.2) is 18.2 Å². The molecule has 0 radical (unpaired) electrons. The SMILES string of the molecule is Cl.NC(=O)Cc1cc(Cl)cc(Cl)c1. The smallest absolute Gasteiger partial charge is 0.221 e. The average Bonchev–Trinajstić information content (AvgIpc) is 1.81. The third kappa shape index (κ3) is 4.36. The van der Waals surface area contributed by atoms with Crippen molar-refractivity contribution in [2.75, 3.05) is 0 Å². The lowest BCUT2D eigenvalue weighted by atomic mass is 10.1. The van der Waals surface area contributed by atoms with Gasteiger partial charge >= 0.3 is 0 Å². The van der Waals surface area contributed by atoms with Crippen molar-refractivity contribution in [3.05, 3.63) is 33.8 Å². The first-order valence-corrected chi connectivity index (χ1v) is 4.07. The van der Waals surface area contributed by atoms with Crippen molar-refractivity contribution in [2.45, 2.75) is 6.42 Å². The van der Waals surface area contributed by atoms with Crippen molar-refractivity contribution in [1.29, 1.82) is 0 Å². The predicted octanol–water partition coefficient (Wildman–Crippen LogP) is 2.44. The van der Waals surface area contributed by atoms with Gasteiger partial charge in [-0.3, -0.25) is 4.79 Å². The van der Waals surface area contributed by atoms with E-state index in [4.69, 9.17) is 28.9 Å². The first-order valence-electron chi connectivity index (χ1n) is 3.31. The third-order valence-electron chi connectivity index (χ3n) is 1.30. The fraction of sp³-hybridized carbons (Fsp3) is 0.125. The number of halogens is 3. The molecule has 0 bridgehead atoms. The molecule has 0 spiro atoms. The molecule has 1 rings (SSSR count). The predicted molar refractivity (Wildman–Crippen MR) is 56.6 cm³/mol. The second-order valence-corrected chi connectivity index (χ2v) is 3.29. The molecule has 0 aliphatic rings. The van der Waals surface area contributed by atoms with Gasteiger partial charge in [0.25, 0.3) is 0 Å². The molecule has 13 heavy (non-hydrogen) atoms. The number of hydrogen-bond donors (Lipinski definition) is 1. The molecule has 2 nitrogen and oxygen atoms in total. The van der Waals surface area contributed by atoms with Crippen molar-refractivity contribution in [1.82, 2.24) is 0 Å². The average molecular weight is 241 g/mol. The van der Waals surface area contributed by atoms with E-state index in [1.165, 1.54) is 0 Å². The van der Waals surface area contributed by atoms with Crippen LogP contribution >= 0.6 is 35.6 Å². The summed E-state index contributed by atoms with van der Waals surface area (Å²) in [6, 6.07) is 4.93. The summed E-state index contributed by atoms with van der Waals surface area (Å²) in [7, 11) is 0. The quantitative estimate of drug-likeness (QED) is 0.848. The van der Waals surface area contributed by atoms with Gasteiger partial charge in [0.1, 0.15) is 0 Å². The Kier molecular flexibility index (Phi) is 5.14. The normalized spacial score (nSPS) is 9.08. The summed E-state index contributed by atoms with van der Waals surface area (Å²) in [6.07, 6.45) is 0.167. The number of carbonyl (C=O) groups is 1. The Hall–Kier alpha value is -0.440. The second kappa shape index (κ2) is 5.32. The van der Waals surface area contributed by atoms with Gasteiger partial charge in [-0.25, -0.2) is 0 Å². The minimum Gasteiger partial charge on any atom is -0.369 e. The summed E-state index contributed by atoms with van der Waals surface area (Å²) in [5.41, 5.74) is 5.74. The van der Waals surface area contributed by atoms with Crippen LogP contribution in [0.4, 0.5) is 0 Å². The number of carbonyl (C=O) groups excluding carboxylic acids is 1. The molecule has 0 aliphatic carbocycles. The molecule has 0 saturated heterocycles. The van der Waals surface area contributed by atoms with Crippen molar-refractivity contribution in [2.24, 2.45) is 5.73 Å². The van der Waals surface area contributed by atoms with Crippen molar-refractivity contribution in [3.63, 3.8) is 0 Å². The Labute approximate surface area is 92.4 Å². The summed E-state index contributed by atoms with van der Waals surface area (Å²) in [5, 5.41) is 1.03. The standard InChI is InChI=1S/C8H7Cl2NO.ClH/c9-6-1-5(3-8(11)12)2-7(10)4-6;/h1-2,4H,3H2,(H2,11,12);1H. The first kappa shape index (κ1) is 12.6. The fourth-order valence-corrected chi connectivity index (χ4v) is 1.49. The van der Waals surface area contributed by atoms with E-state index in [-0.39, 0.29) is 18.8 Å². The number of nitrogens with two attached hydrogens (primary N) is 1. The highest BCUT2D eigenvalue weighted by atomic mass is 35.5. The molecule has 72 valence electrons. The zero-order chi connectivity index (χ0) is 9.14. The maximum absolute atomic E-state index is 10.5. The van der Waals surface area contributed by atoms with Gasteiger partial charge in [-0.15, -0.1) is 12.4 Å². The van der Waals surface area contributed by atoms with Crippen molar-refractivity contribution >= 4 is 41.5 Å². The van der Waals surface area contributed by atoms with Crippen LogP contribution in [0.25, 0.3) is 0 Å². The summed E-state index contributed by atoms with van der Waals surface area (Å²) in [6.45, 7) is 0. The van der Waals surface area contributed by atoms with E-state index in [1.807, 2.05) is 0 Å². The van der Waals surface area contributed by atoms with Crippen molar-refractivity contribution in [3.8, 4) is 0 Å². The maximum Gasteiger partial charge on any atom is 0.221 e. The molecule has 1 aromatic carbocycles. The fourth-order valence-electron chi connectivity index (χ4n) is 0.914. The van der Waals surface area contributed by atoms with Gasteiger partial charge in [0.05, 0.1) is 6.42 Å². The summed E-state index contributed by atoms with van der Waals surface area (Å²) >= 11 is 11.4. The molecule has 2 N–H and O–H groups in total. The molecule has 0 aliphatic heterocycles. The molecule has 0 fully saturated rings. The number of amides is 1. The van der Waals surface area contributed by atoms with Gasteiger partial charge in [0.2, 0.25) is 5.91 Å². The molecular weight excluding hydrogens is 232 g/mol. The second-order valence-electron chi connectivity index (χ2n) is 2.42. The lowest BCUT2D eigenvalue weighted by molar-refractivity contribution is -0.117. The molecule has 1 amide bonds. The molecule has 5 heteroatoms. The monoisotopic (exact) mass is 239 g/mol. The van der Waals surface area contributed by atoms with E-state index in [1.54, 1.807) is 18.2 Å². The third-order valence-corrected chi connectivity index (χ3v) is 1.74. The Bertz CT molecular complexity index is 294. The van der Waals surface area contributed by atoms with Gasteiger partial charge < -0.3 is 5.73 Å². The molecule has 0 unspecified atom stereocenters. The van der Waals surface area contributed by atoms with Crippen molar-refractivity contribution < 1.29 is 4.79 Å². The Morgan fingerprint density at radius 2 is 1.69 bits per heavy atom.